The first-order valence-electron chi connectivity index (χ1n) is 6.29. The SMILES string of the molecule is Cc1cc(NC2=NCC(CC(C)C)S2)ccc1F. The Balaban J connectivity index is 1.93. The third kappa shape index (κ3) is 3.48. The third-order valence-corrected chi connectivity index (χ3v) is 3.99. The Kier molecular flexibility index (Phi) is 4.27. The molecule has 1 aromatic rings. The van der Waals surface area contributed by atoms with Crippen LogP contribution < -0.4 is 5.32 Å². The highest BCUT2D eigenvalue weighted by molar-refractivity contribution is 8.15. The van der Waals surface area contributed by atoms with Crippen molar-refractivity contribution in [2.24, 2.45) is 10.9 Å². The van der Waals surface area contributed by atoms with Crippen molar-refractivity contribution in [3.8, 4) is 0 Å². The van der Waals surface area contributed by atoms with E-state index in [-0.39, 0.29) is 5.82 Å². The first-order valence-corrected chi connectivity index (χ1v) is 7.17. The minimum atomic E-state index is -0.167. The van der Waals surface area contributed by atoms with Gasteiger partial charge in [0, 0.05) is 10.9 Å². The van der Waals surface area contributed by atoms with Crippen molar-refractivity contribution in [1.82, 2.24) is 0 Å². The van der Waals surface area contributed by atoms with Crippen LogP contribution in [0.15, 0.2) is 23.2 Å². The van der Waals surface area contributed by atoms with Gasteiger partial charge >= 0.3 is 0 Å². The van der Waals surface area contributed by atoms with Crippen molar-refractivity contribution in [3.63, 3.8) is 0 Å². The summed E-state index contributed by atoms with van der Waals surface area (Å²) in [5.74, 6) is 0.532. The van der Waals surface area contributed by atoms with Crippen molar-refractivity contribution in [1.29, 1.82) is 0 Å². The van der Waals surface area contributed by atoms with E-state index in [4.69, 9.17) is 0 Å². The Bertz CT molecular complexity index is 457. The van der Waals surface area contributed by atoms with E-state index in [0.29, 0.717) is 16.7 Å². The highest BCUT2D eigenvalue weighted by atomic mass is 32.2. The Morgan fingerprint density at radius 3 is 2.94 bits per heavy atom. The Hall–Kier alpha value is -1.03. The van der Waals surface area contributed by atoms with E-state index >= 15 is 0 Å². The maximum atomic E-state index is 13.2. The number of nitrogens with one attached hydrogen (secondary N) is 1. The average molecular weight is 266 g/mol. The standard InChI is InChI=1S/C14H19FN2S/c1-9(2)6-12-8-16-14(18-12)17-11-4-5-13(15)10(3)7-11/h4-5,7,9,12H,6,8H2,1-3H3,(H,16,17). The van der Waals surface area contributed by atoms with Crippen molar-refractivity contribution in [2.75, 3.05) is 11.9 Å². The third-order valence-electron chi connectivity index (χ3n) is 2.86. The van der Waals surface area contributed by atoms with Crippen LogP contribution in [0.25, 0.3) is 0 Å². The molecule has 0 aromatic heterocycles. The van der Waals surface area contributed by atoms with Crippen LogP contribution in [0.1, 0.15) is 25.8 Å². The molecule has 0 amide bonds. The molecule has 1 atom stereocenters. The van der Waals surface area contributed by atoms with Crippen LogP contribution in [-0.2, 0) is 0 Å². The first kappa shape index (κ1) is 13.4. The molecular weight excluding hydrogens is 247 g/mol. The monoisotopic (exact) mass is 266 g/mol. The second kappa shape index (κ2) is 5.74. The van der Waals surface area contributed by atoms with Gasteiger partial charge < -0.3 is 5.32 Å². The zero-order valence-electron chi connectivity index (χ0n) is 11.0. The molecular formula is C14H19FN2S. The van der Waals surface area contributed by atoms with Crippen LogP contribution in [-0.4, -0.2) is 17.0 Å². The Morgan fingerprint density at radius 2 is 2.28 bits per heavy atom. The lowest BCUT2D eigenvalue weighted by Crippen LogP contribution is -2.09. The molecule has 1 N–H and O–H groups in total. The fourth-order valence-corrected chi connectivity index (χ4v) is 3.25. The lowest BCUT2D eigenvalue weighted by molar-refractivity contribution is 0.575. The van der Waals surface area contributed by atoms with Gasteiger partial charge in [-0.2, -0.15) is 0 Å². The van der Waals surface area contributed by atoms with Crippen LogP contribution in [0.5, 0.6) is 0 Å². The summed E-state index contributed by atoms with van der Waals surface area (Å²) in [5, 5.41) is 4.79. The van der Waals surface area contributed by atoms with Gasteiger partial charge in [0.15, 0.2) is 5.17 Å². The summed E-state index contributed by atoms with van der Waals surface area (Å²) in [7, 11) is 0. The highest BCUT2D eigenvalue weighted by Crippen LogP contribution is 2.27. The van der Waals surface area contributed by atoms with Crippen molar-refractivity contribution >= 4 is 22.6 Å². The number of amidine groups is 1. The maximum Gasteiger partial charge on any atom is 0.161 e. The fourth-order valence-electron chi connectivity index (χ4n) is 1.98. The van der Waals surface area contributed by atoms with Gasteiger partial charge in [0.2, 0.25) is 0 Å². The van der Waals surface area contributed by atoms with E-state index in [2.05, 4.69) is 24.2 Å². The van der Waals surface area contributed by atoms with Gasteiger partial charge in [0.05, 0.1) is 6.54 Å². The van der Waals surface area contributed by atoms with Crippen LogP contribution in [0.3, 0.4) is 0 Å². The number of rotatable bonds is 3. The van der Waals surface area contributed by atoms with Crippen LogP contribution in [0.4, 0.5) is 10.1 Å². The molecule has 0 fully saturated rings. The minimum absolute atomic E-state index is 0.167. The van der Waals surface area contributed by atoms with Crippen molar-refractivity contribution < 1.29 is 4.39 Å². The van der Waals surface area contributed by atoms with Crippen molar-refractivity contribution in [3.05, 3.63) is 29.6 Å². The van der Waals surface area contributed by atoms with Gasteiger partial charge in [-0.15, -0.1) is 0 Å². The summed E-state index contributed by atoms with van der Waals surface area (Å²) in [4.78, 5) is 4.49. The number of aryl methyl sites for hydroxylation is 1. The van der Waals surface area contributed by atoms with Gasteiger partial charge in [0.25, 0.3) is 0 Å². The summed E-state index contributed by atoms with van der Waals surface area (Å²) in [5.41, 5.74) is 1.56. The number of hydrogen-bond acceptors (Lipinski definition) is 3. The molecule has 1 aliphatic heterocycles. The van der Waals surface area contributed by atoms with E-state index in [0.717, 1.165) is 17.4 Å². The predicted octanol–water partition coefficient (Wildman–Crippen LogP) is 4.06. The summed E-state index contributed by atoms with van der Waals surface area (Å²) in [6, 6.07) is 5.05. The second-order valence-corrected chi connectivity index (χ2v) is 6.39. The zero-order chi connectivity index (χ0) is 13.1. The maximum absolute atomic E-state index is 13.2. The van der Waals surface area contributed by atoms with Crippen LogP contribution in [0, 0.1) is 18.7 Å². The molecule has 0 saturated heterocycles. The Labute approximate surface area is 112 Å². The number of halogens is 1. The highest BCUT2D eigenvalue weighted by Gasteiger charge is 2.20. The topological polar surface area (TPSA) is 24.4 Å². The molecule has 0 aliphatic carbocycles. The molecule has 0 saturated carbocycles. The number of benzene rings is 1. The van der Waals surface area contributed by atoms with Gasteiger partial charge in [-0.3, -0.25) is 4.99 Å². The molecule has 0 radical (unpaired) electrons. The zero-order valence-corrected chi connectivity index (χ0v) is 11.9. The number of thioether (sulfide) groups is 1. The molecule has 18 heavy (non-hydrogen) atoms. The van der Waals surface area contributed by atoms with E-state index < -0.39 is 0 Å². The van der Waals surface area contributed by atoms with Crippen molar-refractivity contribution in [2.45, 2.75) is 32.4 Å². The number of nitrogens with zero attached hydrogens (tertiary/aromatic N) is 1. The molecule has 1 aliphatic rings. The van der Waals surface area contributed by atoms with E-state index in [1.165, 1.54) is 12.5 Å². The fraction of sp³-hybridized carbons (Fsp3) is 0.500. The summed E-state index contributed by atoms with van der Waals surface area (Å²) < 4.78 is 13.2. The summed E-state index contributed by atoms with van der Waals surface area (Å²) in [6.45, 7) is 7.11. The van der Waals surface area contributed by atoms with Gasteiger partial charge in [-0.05, 0) is 43.0 Å². The first-order chi connectivity index (χ1) is 8.54. The molecule has 98 valence electrons. The van der Waals surface area contributed by atoms with Gasteiger partial charge in [-0.1, -0.05) is 25.6 Å². The number of anilines is 1. The lowest BCUT2D eigenvalue weighted by Gasteiger charge is -2.11. The quantitative estimate of drug-likeness (QED) is 0.892. The minimum Gasteiger partial charge on any atom is -0.335 e. The van der Waals surface area contributed by atoms with Gasteiger partial charge in [0.1, 0.15) is 5.82 Å². The van der Waals surface area contributed by atoms with Crippen LogP contribution >= 0.6 is 11.8 Å². The normalized spacial score (nSPS) is 19.2. The Morgan fingerprint density at radius 1 is 1.50 bits per heavy atom. The average Bonchev–Trinajstić information content (AvgIpc) is 2.70. The number of hydrogen-bond donors (Lipinski definition) is 1. The smallest absolute Gasteiger partial charge is 0.161 e. The predicted molar refractivity (Wildman–Crippen MR) is 77.9 cm³/mol. The number of aliphatic imine (C=N–C) groups is 1. The van der Waals surface area contributed by atoms with E-state index in [9.17, 15) is 4.39 Å². The molecule has 4 heteroatoms. The largest absolute Gasteiger partial charge is 0.335 e. The van der Waals surface area contributed by atoms with Gasteiger partial charge in [-0.25, -0.2) is 4.39 Å². The summed E-state index contributed by atoms with van der Waals surface area (Å²) >= 11 is 1.79. The molecule has 2 rings (SSSR count). The van der Waals surface area contributed by atoms with Crippen LogP contribution in [0.2, 0.25) is 0 Å². The van der Waals surface area contributed by atoms with E-state index in [1.807, 2.05) is 6.07 Å². The molecule has 1 unspecified atom stereocenters. The molecule has 0 bridgehead atoms. The lowest BCUT2D eigenvalue weighted by atomic mass is 10.1. The van der Waals surface area contributed by atoms with E-state index in [1.54, 1.807) is 24.8 Å². The molecule has 1 heterocycles. The molecule has 2 nitrogen and oxygen atoms in total. The second-order valence-electron chi connectivity index (χ2n) is 5.10. The molecule has 1 aromatic carbocycles. The molecule has 0 spiro atoms. The summed E-state index contributed by atoms with van der Waals surface area (Å²) in [6.07, 6.45) is 1.18.